The zero-order chi connectivity index (χ0) is 10.5. The normalized spacial score (nSPS) is 12.4. The topological polar surface area (TPSA) is 29.4 Å². The minimum Gasteiger partial charge on any atom is -0.211 e. The third-order valence-corrected chi connectivity index (χ3v) is 1.86. The lowest BCUT2D eigenvalue weighted by Gasteiger charge is -2.17. The molecule has 0 fully saturated rings. The number of rotatable bonds is 4. The first-order valence-electron chi connectivity index (χ1n) is 2.93. The van der Waals surface area contributed by atoms with Crippen LogP contribution in [0.25, 0.3) is 0 Å². The van der Waals surface area contributed by atoms with Gasteiger partial charge in [-0.2, -0.15) is 22.0 Å². The van der Waals surface area contributed by atoms with Crippen molar-refractivity contribution in [1.29, 1.82) is 0 Å². The summed E-state index contributed by atoms with van der Waals surface area (Å²) in [5.41, 5.74) is 0. The van der Waals surface area contributed by atoms with Gasteiger partial charge in [-0.15, -0.1) is 0 Å². The molecule has 0 aromatic heterocycles. The molecule has 13 heavy (non-hydrogen) atoms. The molecule has 0 saturated carbocycles. The van der Waals surface area contributed by atoms with Crippen LogP contribution in [0.15, 0.2) is 4.99 Å². The minimum atomic E-state index is -5.57. The van der Waals surface area contributed by atoms with E-state index in [1.165, 1.54) is 0 Å². The first-order chi connectivity index (χ1) is 5.81. The van der Waals surface area contributed by atoms with Crippen LogP contribution in [0.4, 0.5) is 22.0 Å². The molecule has 0 aliphatic carbocycles. The summed E-state index contributed by atoms with van der Waals surface area (Å²) >= 11 is -0.605. The first-order valence-corrected chi connectivity index (χ1v) is 3.92. The Balaban J connectivity index is 3.96. The predicted molar refractivity (Wildman–Crippen MR) is 36.4 cm³/mol. The van der Waals surface area contributed by atoms with E-state index in [1.807, 2.05) is 0 Å². The van der Waals surface area contributed by atoms with Crippen LogP contribution in [0.1, 0.15) is 0 Å². The molecule has 0 radical (unpaired) electrons. The van der Waals surface area contributed by atoms with E-state index in [0.29, 0.717) is 0 Å². The van der Waals surface area contributed by atoms with Crippen LogP contribution < -0.4 is 0 Å². The Labute approximate surface area is 74.2 Å². The van der Waals surface area contributed by atoms with Crippen molar-refractivity contribution < 1.29 is 26.7 Å². The van der Waals surface area contributed by atoms with E-state index in [9.17, 15) is 26.7 Å². The number of nitrogens with zero attached hydrogens (tertiary/aromatic N) is 1. The fourth-order valence-corrected chi connectivity index (χ4v) is 0.950. The fraction of sp³-hybridized carbons (Fsp3) is 0.800. The van der Waals surface area contributed by atoms with Gasteiger partial charge in [-0.25, -0.2) is 9.79 Å². The summed E-state index contributed by atoms with van der Waals surface area (Å²) in [4.78, 5) is 12.2. The van der Waals surface area contributed by atoms with Crippen LogP contribution >= 0.6 is 11.8 Å². The van der Waals surface area contributed by atoms with E-state index in [0.717, 1.165) is 6.08 Å². The van der Waals surface area contributed by atoms with Gasteiger partial charge in [-0.3, -0.25) is 0 Å². The average molecular weight is 221 g/mol. The molecule has 0 aromatic carbocycles. The maximum absolute atomic E-state index is 12.1. The second-order valence-corrected chi connectivity index (χ2v) is 3.05. The molecule has 2 nitrogen and oxygen atoms in total. The van der Waals surface area contributed by atoms with Crippen LogP contribution in [0.2, 0.25) is 0 Å². The zero-order valence-electron chi connectivity index (χ0n) is 6.07. The number of hydrogen-bond donors (Lipinski definition) is 0. The lowest BCUT2D eigenvalue weighted by atomic mass is 10.7. The third-order valence-electron chi connectivity index (χ3n) is 0.881. The Hall–Kier alpha value is -0.620. The van der Waals surface area contributed by atoms with Crippen molar-refractivity contribution in [3.63, 3.8) is 0 Å². The fourth-order valence-electron chi connectivity index (χ4n) is 0.347. The molecule has 0 heterocycles. The Morgan fingerprint density at radius 3 is 2.15 bits per heavy atom. The highest BCUT2D eigenvalue weighted by Crippen LogP contribution is 2.43. The number of thioether (sulfide) groups is 1. The van der Waals surface area contributed by atoms with Gasteiger partial charge in [0.05, 0.1) is 6.54 Å². The van der Waals surface area contributed by atoms with E-state index < -0.39 is 35.5 Å². The molecule has 0 aromatic rings. The van der Waals surface area contributed by atoms with Gasteiger partial charge in [0, 0.05) is 5.75 Å². The van der Waals surface area contributed by atoms with Crippen LogP contribution in [0.3, 0.4) is 0 Å². The number of aliphatic imine (C=N–C) groups is 1. The quantitative estimate of drug-likeness (QED) is 0.315. The van der Waals surface area contributed by atoms with E-state index >= 15 is 0 Å². The SMILES string of the molecule is O=C=NCCSC(F)(F)C(F)(F)F. The lowest BCUT2D eigenvalue weighted by Crippen LogP contribution is -2.33. The van der Waals surface area contributed by atoms with Crippen LogP contribution in [0, 0.1) is 0 Å². The Morgan fingerprint density at radius 2 is 1.77 bits per heavy atom. The molecule has 0 spiro atoms. The highest BCUT2D eigenvalue weighted by Gasteiger charge is 2.57. The second-order valence-electron chi connectivity index (χ2n) is 1.84. The van der Waals surface area contributed by atoms with Crippen molar-refractivity contribution in [1.82, 2.24) is 0 Å². The highest BCUT2D eigenvalue weighted by molar-refractivity contribution is 8.00. The number of halogens is 5. The van der Waals surface area contributed by atoms with E-state index in [-0.39, 0.29) is 0 Å². The summed E-state index contributed by atoms with van der Waals surface area (Å²) in [6.45, 7) is -0.403. The van der Waals surface area contributed by atoms with Gasteiger partial charge in [0.2, 0.25) is 6.08 Å². The Bertz CT molecular complexity index is 209. The maximum Gasteiger partial charge on any atom is 0.464 e. The zero-order valence-corrected chi connectivity index (χ0v) is 6.88. The van der Waals surface area contributed by atoms with Crippen molar-refractivity contribution in [3.8, 4) is 0 Å². The van der Waals surface area contributed by atoms with Gasteiger partial charge in [0.25, 0.3) is 0 Å². The average Bonchev–Trinajstić information content (AvgIpc) is 1.96. The molecular weight excluding hydrogens is 217 g/mol. The van der Waals surface area contributed by atoms with Crippen LogP contribution in [-0.4, -0.2) is 29.8 Å². The molecule has 0 unspecified atom stereocenters. The lowest BCUT2D eigenvalue weighted by molar-refractivity contribution is -0.237. The van der Waals surface area contributed by atoms with Crippen molar-refractivity contribution in [3.05, 3.63) is 0 Å². The molecule has 0 saturated heterocycles. The Kier molecular flexibility index (Phi) is 4.35. The van der Waals surface area contributed by atoms with Crippen LogP contribution in [-0.2, 0) is 4.79 Å². The summed E-state index contributed by atoms with van der Waals surface area (Å²) in [5, 5.41) is -4.79. The van der Waals surface area contributed by atoms with Crippen LogP contribution in [0.5, 0.6) is 0 Å². The van der Waals surface area contributed by atoms with Gasteiger partial charge < -0.3 is 0 Å². The van der Waals surface area contributed by atoms with Crippen molar-refractivity contribution >= 4 is 17.8 Å². The molecule has 0 aliphatic heterocycles. The molecule has 0 bridgehead atoms. The maximum atomic E-state index is 12.1. The van der Waals surface area contributed by atoms with Crippen molar-refractivity contribution in [2.75, 3.05) is 12.3 Å². The van der Waals surface area contributed by atoms with E-state index in [2.05, 4.69) is 4.99 Å². The van der Waals surface area contributed by atoms with Crippen molar-refractivity contribution in [2.24, 2.45) is 4.99 Å². The molecule has 0 amide bonds. The largest absolute Gasteiger partial charge is 0.464 e. The van der Waals surface area contributed by atoms with Gasteiger partial charge >= 0.3 is 11.4 Å². The molecule has 0 aliphatic rings. The number of hydrogen-bond acceptors (Lipinski definition) is 3. The number of isocyanates is 1. The summed E-state index contributed by atoms with van der Waals surface area (Å²) in [7, 11) is 0. The molecule has 0 rings (SSSR count). The van der Waals surface area contributed by atoms with Gasteiger partial charge in [0.15, 0.2) is 0 Å². The predicted octanol–water partition coefficient (Wildman–Crippen LogP) is 2.21. The summed E-state index contributed by atoms with van der Waals surface area (Å²) in [6, 6.07) is 0. The van der Waals surface area contributed by atoms with Gasteiger partial charge in [-0.1, -0.05) is 11.8 Å². The molecule has 76 valence electrons. The summed E-state index contributed by atoms with van der Waals surface area (Å²) < 4.78 is 58.5. The van der Waals surface area contributed by atoms with E-state index in [4.69, 9.17) is 0 Å². The van der Waals surface area contributed by atoms with E-state index in [1.54, 1.807) is 0 Å². The molecule has 0 N–H and O–H groups in total. The summed E-state index contributed by atoms with van der Waals surface area (Å²) in [5.74, 6) is -0.582. The Morgan fingerprint density at radius 1 is 1.23 bits per heavy atom. The molecule has 8 heteroatoms. The third kappa shape index (κ3) is 4.23. The minimum absolute atomic E-state index is 0.403. The molecule has 0 atom stereocenters. The van der Waals surface area contributed by atoms with Gasteiger partial charge in [-0.05, 0) is 0 Å². The second kappa shape index (κ2) is 4.57. The standard InChI is InChI=1S/C5H4F5NOS/c6-4(7,8)5(9,10)13-2-1-11-3-12/h1-2H2. The van der Waals surface area contributed by atoms with Crippen molar-refractivity contribution in [2.45, 2.75) is 11.4 Å². The number of alkyl halides is 5. The molecular formula is C5H4F5NOS. The van der Waals surface area contributed by atoms with Gasteiger partial charge in [0.1, 0.15) is 0 Å². The number of carbonyl (C=O) groups excluding carboxylic acids is 1. The highest BCUT2D eigenvalue weighted by atomic mass is 32.2. The smallest absolute Gasteiger partial charge is 0.211 e. The first kappa shape index (κ1) is 12.4. The monoisotopic (exact) mass is 221 g/mol. The summed E-state index contributed by atoms with van der Waals surface area (Å²) in [6.07, 6.45) is -4.54.